The van der Waals surface area contributed by atoms with Crippen molar-refractivity contribution >= 4 is 45.9 Å². The quantitative estimate of drug-likeness (QED) is 0.457. The molecular formula is C27H29N3O2S. The summed E-state index contributed by atoms with van der Waals surface area (Å²) in [6, 6.07) is 15.8. The largest absolute Gasteiger partial charge is 0.325 e. The number of rotatable bonds is 7. The molecule has 1 N–H and O–H groups in total. The molecule has 0 atom stereocenters. The highest BCUT2D eigenvalue weighted by molar-refractivity contribution is 7.12. The van der Waals surface area contributed by atoms with Crippen LogP contribution in [0.5, 0.6) is 0 Å². The average Bonchev–Trinajstić information content (AvgIpc) is 3.30. The fourth-order valence-electron chi connectivity index (χ4n) is 3.89. The topological polar surface area (TPSA) is 61.8 Å². The molecule has 5 nitrogen and oxygen atoms in total. The Bertz CT molecular complexity index is 1180. The SMILES string of the molecule is CCCCc1ccc(NC(=O)CN2C(=O)CC(c3cccs3)=Nc3cc(C)c(C)cc32)cc1. The Morgan fingerprint density at radius 1 is 1.12 bits per heavy atom. The number of hydrogen-bond acceptors (Lipinski definition) is 4. The number of benzene rings is 2. The lowest BCUT2D eigenvalue weighted by molar-refractivity contribution is -0.120. The van der Waals surface area contributed by atoms with Gasteiger partial charge in [0, 0.05) is 10.6 Å². The molecule has 3 aromatic rings. The van der Waals surface area contributed by atoms with E-state index in [4.69, 9.17) is 4.99 Å². The minimum Gasteiger partial charge on any atom is -0.325 e. The highest BCUT2D eigenvalue weighted by atomic mass is 32.1. The van der Waals surface area contributed by atoms with Crippen LogP contribution in [-0.2, 0) is 16.0 Å². The first-order chi connectivity index (χ1) is 15.9. The van der Waals surface area contributed by atoms with Gasteiger partial charge in [-0.2, -0.15) is 0 Å². The van der Waals surface area contributed by atoms with Gasteiger partial charge in [0.25, 0.3) is 0 Å². The van der Waals surface area contributed by atoms with Crippen LogP contribution < -0.4 is 10.2 Å². The van der Waals surface area contributed by atoms with E-state index in [1.807, 2.05) is 67.8 Å². The third-order valence-electron chi connectivity index (χ3n) is 5.92. The van der Waals surface area contributed by atoms with Crippen molar-refractivity contribution in [2.24, 2.45) is 4.99 Å². The summed E-state index contributed by atoms with van der Waals surface area (Å²) < 4.78 is 0. The summed E-state index contributed by atoms with van der Waals surface area (Å²) >= 11 is 1.56. The van der Waals surface area contributed by atoms with Gasteiger partial charge < -0.3 is 10.2 Å². The fourth-order valence-corrected chi connectivity index (χ4v) is 4.60. The van der Waals surface area contributed by atoms with Crippen LogP contribution >= 0.6 is 11.3 Å². The fraction of sp³-hybridized carbons (Fsp3) is 0.296. The van der Waals surface area contributed by atoms with Crippen molar-refractivity contribution in [3.63, 3.8) is 0 Å². The Hall–Kier alpha value is -3.25. The molecule has 0 spiro atoms. The Morgan fingerprint density at radius 2 is 1.88 bits per heavy atom. The zero-order chi connectivity index (χ0) is 23.4. The molecule has 2 aromatic carbocycles. The minimum absolute atomic E-state index is 0.0564. The molecule has 0 saturated heterocycles. The first kappa shape index (κ1) is 22.9. The van der Waals surface area contributed by atoms with E-state index < -0.39 is 0 Å². The number of anilines is 2. The van der Waals surface area contributed by atoms with E-state index in [1.165, 1.54) is 5.56 Å². The number of carbonyl (C=O) groups is 2. The van der Waals surface area contributed by atoms with Crippen molar-refractivity contribution in [3.8, 4) is 0 Å². The summed E-state index contributed by atoms with van der Waals surface area (Å²) in [6.45, 7) is 6.16. The number of hydrogen-bond donors (Lipinski definition) is 1. The summed E-state index contributed by atoms with van der Waals surface area (Å²) in [6.07, 6.45) is 3.50. The van der Waals surface area contributed by atoms with Crippen LogP contribution in [0.2, 0.25) is 0 Å². The third kappa shape index (κ3) is 5.40. The second-order valence-electron chi connectivity index (χ2n) is 8.47. The molecule has 0 aliphatic carbocycles. The molecule has 33 heavy (non-hydrogen) atoms. The Labute approximate surface area is 199 Å². The number of nitrogens with zero attached hydrogens (tertiary/aromatic N) is 2. The van der Waals surface area contributed by atoms with Gasteiger partial charge in [-0.05, 0) is 79.1 Å². The third-order valence-corrected chi connectivity index (χ3v) is 6.84. The van der Waals surface area contributed by atoms with Crippen LogP contribution in [0, 0.1) is 13.8 Å². The van der Waals surface area contributed by atoms with E-state index in [1.54, 1.807) is 16.2 Å². The van der Waals surface area contributed by atoms with E-state index >= 15 is 0 Å². The van der Waals surface area contributed by atoms with Gasteiger partial charge in [-0.25, -0.2) is 4.99 Å². The first-order valence-corrected chi connectivity index (χ1v) is 12.2. The summed E-state index contributed by atoms with van der Waals surface area (Å²) in [4.78, 5) is 33.6. The summed E-state index contributed by atoms with van der Waals surface area (Å²) in [5.41, 5.74) is 6.30. The molecule has 1 aromatic heterocycles. The van der Waals surface area contributed by atoms with Gasteiger partial charge in [-0.1, -0.05) is 31.5 Å². The molecule has 4 rings (SSSR count). The number of thiophene rings is 1. The second kappa shape index (κ2) is 10.1. The second-order valence-corrected chi connectivity index (χ2v) is 9.41. The zero-order valence-electron chi connectivity index (χ0n) is 19.4. The van der Waals surface area contributed by atoms with Crippen molar-refractivity contribution in [3.05, 3.63) is 75.5 Å². The van der Waals surface area contributed by atoms with Crippen molar-refractivity contribution in [2.45, 2.75) is 46.5 Å². The van der Waals surface area contributed by atoms with Gasteiger partial charge in [-0.15, -0.1) is 11.3 Å². The highest BCUT2D eigenvalue weighted by Crippen LogP contribution is 2.36. The lowest BCUT2D eigenvalue weighted by atomic mass is 10.1. The molecule has 1 aliphatic rings. The molecule has 2 heterocycles. The van der Waals surface area contributed by atoms with Gasteiger partial charge in [-0.3, -0.25) is 9.59 Å². The van der Waals surface area contributed by atoms with E-state index in [0.29, 0.717) is 5.69 Å². The summed E-state index contributed by atoms with van der Waals surface area (Å²) in [7, 11) is 0. The molecule has 0 fully saturated rings. The first-order valence-electron chi connectivity index (χ1n) is 11.4. The van der Waals surface area contributed by atoms with Gasteiger partial charge in [0.2, 0.25) is 11.8 Å². The van der Waals surface area contributed by atoms with Gasteiger partial charge >= 0.3 is 0 Å². The normalized spacial score (nSPS) is 13.4. The Morgan fingerprint density at radius 3 is 2.58 bits per heavy atom. The van der Waals surface area contributed by atoms with Gasteiger partial charge in [0.15, 0.2) is 0 Å². The predicted molar refractivity (Wildman–Crippen MR) is 137 cm³/mol. The standard InChI is InChI=1S/C27H29N3O2S/c1-4-5-7-20-9-11-21(12-10-20)28-26(31)17-30-24-15-19(3)18(2)14-22(24)29-23(16-27(30)32)25-8-6-13-33-25/h6,8-15H,4-5,7,16-17H2,1-3H3,(H,28,31). The van der Waals surface area contributed by atoms with Crippen molar-refractivity contribution < 1.29 is 9.59 Å². The average molecular weight is 460 g/mol. The van der Waals surface area contributed by atoms with Crippen LogP contribution in [0.3, 0.4) is 0 Å². The number of fused-ring (bicyclic) bond motifs is 1. The lowest BCUT2D eigenvalue weighted by Gasteiger charge is -2.23. The number of aryl methyl sites for hydroxylation is 3. The summed E-state index contributed by atoms with van der Waals surface area (Å²) in [5.74, 6) is -0.359. The van der Waals surface area contributed by atoms with E-state index in [9.17, 15) is 9.59 Å². The van der Waals surface area contributed by atoms with Crippen LogP contribution in [-0.4, -0.2) is 24.1 Å². The van der Waals surface area contributed by atoms with Crippen LogP contribution in [0.4, 0.5) is 17.1 Å². The Balaban J connectivity index is 1.56. The monoisotopic (exact) mass is 459 g/mol. The van der Waals surface area contributed by atoms with Gasteiger partial charge in [0.05, 0.1) is 23.5 Å². The number of aliphatic imine (C=N–C) groups is 1. The maximum atomic E-state index is 13.3. The molecule has 0 saturated carbocycles. The Kier molecular flexibility index (Phi) is 7.04. The van der Waals surface area contributed by atoms with Crippen molar-refractivity contribution in [1.29, 1.82) is 0 Å². The molecule has 2 amide bonds. The molecule has 0 radical (unpaired) electrons. The van der Waals surface area contributed by atoms with E-state index in [-0.39, 0.29) is 24.8 Å². The van der Waals surface area contributed by atoms with E-state index in [0.717, 1.165) is 52.4 Å². The molecule has 0 unspecified atom stereocenters. The molecule has 170 valence electrons. The predicted octanol–water partition coefficient (Wildman–Crippen LogP) is 6.20. The lowest BCUT2D eigenvalue weighted by Crippen LogP contribution is -2.38. The molecule has 1 aliphatic heterocycles. The smallest absolute Gasteiger partial charge is 0.244 e. The number of nitrogens with one attached hydrogen (secondary N) is 1. The van der Waals surface area contributed by atoms with Crippen molar-refractivity contribution in [2.75, 3.05) is 16.8 Å². The number of carbonyl (C=O) groups excluding carboxylic acids is 2. The zero-order valence-corrected chi connectivity index (χ0v) is 20.2. The number of unbranched alkanes of at least 4 members (excludes halogenated alkanes) is 1. The van der Waals surface area contributed by atoms with Crippen molar-refractivity contribution in [1.82, 2.24) is 0 Å². The minimum atomic E-state index is -0.228. The van der Waals surface area contributed by atoms with E-state index in [2.05, 4.69) is 12.2 Å². The maximum Gasteiger partial charge on any atom is 0.244 e. The molecular weight excluding hydrogens is 430 g/mol. The van der Waals surface area contributed by atoms with Crippen LogP contribution in [0.15, 0.2) is 58.9 Å². The van der Waals surface area contributed by atoms with Gasteiger partial charge in [0.1, 0.15) is 6.54 Å². The molecule has 0 bridgehead atoms. The highest BCUT2D eigenvalue weighted by Gasteiger charge is 2.27. The number of amides is 2. The molecule has 6 heteroatoms. The summed E-state index contributed by atoms with van der Waals surface area (Å²) in [5, 5.41) is 4.92. The maximum absolute atomic E-state index is 13.3. The van der Waals surface area contributed by atoms with Crippen LogP contribution in [0.25, 0.3) is 0 Å². The van der Waals surface area contributed by atoms with Crippen LogP contribution in [0.1, 0.15) is 47.8 Å².